The standard InChI is InChI=1S/C17H23ClO4/c18-12-3-1-2-11(8-12)9-13(19)4-6-16(21)15-10-14(20)5-7-17(15)22/h11-12,21H,1-10H2/b16-15+. The van der Waals surface area contributed by atoms with Crippen LogP contribution >= 0.6 is 11.6 Å². The normalized spacial score (nSPS) is 28.6. The highest BCUT2D eigenvalue weighted by molar-refractivity contribution is 6.20. The molecule has 0 bridgehead atoms. The van der Waals surface area contributed by atoms with Crippen LogP contribution in [0.25, 0.3) is 0 Å². The average Bonchev–Trinajstić information content (AvgIpc) is 2.47. The first kappa shape index (κ1) is 17.2. The molecule has 2 fully saturated rings. The minimum atomic E-state index is -0.165. The largest absolute Gasteiger partial charge is 0.512 e. The van der Waals surface area contributed by atoms with Crippen LogP contribution < -0.4 is 0 Å². The van der Waals surface area contributed by atoms with Crippen LogP contribution in [-0.2, 0) is 14.4 Å². The molecule has 4 nitrogen and oxygen atoms in total. The van der Waals surface area contributed by atoms with Gasteiger partial charge in [-0.1, -0.05) is 6.42 Å². The summed E-state index contributed by atoms with van der Waals surface area (Å²) in [6, 6.07) is 0. The van der Waals surface area contributed by atoms with Crippen molar-refractivity contribution >= 4 is 29.0 Å². The number of carbonyl (C=O) groups is 3. The molecule has 1 N–H and O–H groups in total. The lowest BCUT2D eigenvalue weighted by Crippen LogP contribution is -2.19. The van der Waals surface area contributed by atoms with E-state index in [2.05, 4.69) is 0 Å². The molecule has 2 rings (SSSR count). The average molecular weight is 327 g/mol. The highest BCUT2D eigenvalue weighted by atomic mass is 35.5. The van der Waals surface area contributed by atoms with E-state index in [1.54, 1.807) is 0 Å². The molecular weight excluding hydrogens is 304 g/mol. The fraction of sp³-hybridized carbons (Fsp3) is 0.706. The number of hydrogen-bond donors (Lipinski definition) is 1. The maximum absolute atomic E-state index is 12.0. The van der Waals surface area contributed by atoms with Gasteiger partial charge in [-0.3, -0.25) is 14.4 Å². The lowest BCUT2D eigenvalue weighted by molar-refractivity contribution is -0.125. The number of ketones is 3. The topological polar surface area (TPSA) is 71.4 Å². The van der Waals surface area contributed by atoms with Crippen LogP contribution in [0.3, 0.4) is 0 Å². The number of hydrogen-bond acceptors (Lipinski definition) is 4. The van der Waals surface area contributed by atoms with Gasteiger partial charge in [0.05, 0.1) is 5.76 Å². The van der Waals surface area contributed by atoms with Gasteiger partial charge in [-0.05, 0) is 25.2 Å². The Morgan fingerprint density at radius 2 is 1.95 bits per heavy atom. The molecule has 2 aliphatic carbocycles. The molecule has 0 radical (unpaired) electrons. The van der Waals surface area contributed by atoms with Gasteiger partial charge in [-0.25, -0.2) is 0 Å². The van der Waals surface area contributed by atoms with Crippen molar-refractivity contribution in [1.82, 2.24) is 0 Å². The predicted octanol–water partition coefficient (Wildman–Crippen LogP) is 3.66. The Morgan fingerprint density at radius 3 is 2.68 bits per heavy atom. The van der Waals surface area contributed by atoms with Crippen LogP contribution in [0.15, 0.2) is 11.3 Å². The number of halogens is 1. The number of carbonyl (C=O) groups excluding carboxylic acids is 3. The molecule has 0 aromatic carbocycles. The highest BCUT2D eigenvalue weighted by Gasteiger charge is 2.25. The number of Topliss-reactive ketones (excluding diaryl/α,β-unsaturated/α-hetero) is 3. The van der Waals surface area contributed by atoms with Gasteiger partial charge < -0.3 is 5.11 Å². The van der Waals surface area contributed by atoms with E-state index >= 15 is 0 Å². The maximum Gasteiger partial charge on any atom is 0.163 e. The van der Waals surface area contributed by atoms with Gasteiger partial charge in [0.1, 0.15) is 11.6 Å². The molecular formula is C17H23ClO4. The third-order valence-corrected chi connectivity index (χ3v) is 4.96. The molecule has 0 heterocycles. The van der Waals surface area contributed by atoms with E-state index in [0.717, 1.165) is 25.7 Å². The van der Waals surface area contributed by atoms with Crippen molar-refractivity contribution in [3.63, 3.8) is 0 Å². The molecule has 0 spiro atoms. The van der Waals surface area contributed by atoms with Crippen molar-refractivity contribution < 1.29 is 19.5 Å². The van der Waals surface area contributed by atoms with E-state index in [1.807, 2.05) is 0 Å². The summed E-state index contributed by atoms with van der Waals surface area (Å²) in [6.07, 6.45) is 5.33. The number of alkyl halides is 1. The van der Waals surface area contributed by atoms with Gasteiger partial charge in [-0.2, -0.15) is 0 Å². The number of rotatable bonds is 5. The van der Waals surface area contributed by atoms with Gasteiger partial charge >= 0.3 is 0 Å². The molecule has 0 aromatic heterocycles. The minimum absolute atomic E-state index is 0.00934. The Balaban J connectivity index is 1.82. The van der Waals surface area contributed by atoms with Gasteiger partial charge in [0, 0.05) is 49.5 Å². The van der Waals surface area contributed by atoms with E-state index in [1.165, 1.54) is 0 Å². The van der Waals surface area contributed by atoms with Gasteiger partial charge in [0.15, 0.2) is 5.78 Å². The Kier molecular flexibility index (Phi) is 6.18. The number of aliphatic hydroxyl groups excluding tert-OH is 1. The van der Waals surface area contributed by atoms with E-state index in [4.69, 9.17) is 11.6 Å². The minimum Gasteiger partial charge on any atom is -0.512 e. The molecule has 2 aliphatic rings. The molecule has 122 valence electrons. The molecule has 5 heteroatoms. The van der Waals surface area contributed by atoms with Crippen LogP contribution in [0.1, 0.15) is 64.2 Å². The SMILES string of the molecule is O=C1CCC(=O)/C(=C(/O)CCC(=O)CC2CCCC(Cl)C2)C1. The lowest BCUT2D eigenvalue weighted by Gasteiger charge is -2.24. The first-order valence-corrected chi connectivity index (χ1v) is 8.51. The van der Waals surface area contributed by atoms with Crippen LogP contribution in [0, 0.1) is 5.92 Å². The molecule has 0 amide bonds. The van der Waals surface area contributed by atoms with Crippen LogP contribution in [-0.4, -0.2) is 27.8 Å². The monoisotopic (exact) mass is 326 g/mol. The summed E-state index contributed by atoms with van der Waals surface area (Å²) in [7, 11) is 0. The molecule has 2 saturated carbocycles. The lowest BCUT2D eigenvalue weighted by atomic mass is 9.84. The second-order valence-corrected chi connectivity index (χ2v) is 7.05. The molecule has 0 aromatic rings. The maximum atomic E-state index is 12.0. The summed E-state index contributed by atoms with van der Waals surface area (Å²) in [6.45, 7) is 0. The molecule has 22 heavy (non-hydrogen) atoms. The van der Waals surface area contributed by atoms with Crippen molar-refractivity contribution in [2.24, 2.45) is 5.92 Å². The van der Waals surface area contributed by atoms with Crippen LogP contribution in [0.2, 0.25) is 0 Å². The van der Waals surface area contributed by atoms with Gasteiger partial charge in [0.25, 0.3) is 0 Å². The summed E-state index contributed by atoms with van der Waals surface area (Å²) >= 11 is 6.13. The first-order valence-electron chi connectivity index (χ1n) is 8.07. The van der Waals surface area contributed by atoms with Crippen LogP contribution in [0.4, 0.5) is 0 Å². The second-order valence-electron chi connectivity index (χ2n) is 6.44. The van der Waals surface area contributed by atoms with Crippen LogP contribution in [0.5, 0.6) is 0 Å². The Labute approximate surface area is 135 Å². The summed E-state index contributed by atoms with van der Waals surface area (Å²) in [5.74, 6) is 0.170. The second kappa shape index (κ2) is 7.91. The zero-order chi connectivity index (χ0) is 16.1. The quantitative estimate of drug-likeness (QED) is 0.475. The summed E-state index contributed by atoms with van der Waals surface area (Å²) in [4.78, 5) is 35.1. The number of allylic oxidation sites excluding steroid dienone is 2. The fourth-order valence-corrected chi connectivity index (χ4v) is 3.70. The van der Waals surface area contributed by atoms with E-state index < -0.39 is 0 Å². The van der Waals surface area contributed by atoms with E-state index in [-0.39, 0.29) is 66.2 Å². The Hall–Kier alpha value is -1.16. The highest BCUT2D eigenvalue weighted by Crippen LogP contribution is 2.30. The summed E-state index contributed by atoms with van der Waals surface area (Å²) in [5, 5.41) is 10.2. The summed E-state index contributed by atoms with van der Waals surface area (Å²) in [5.41, 5.74) is 0.211. The molecule has 2 atom stereocenters. The van der Waals surface area contributed by atoms with Crippen molar-refractivity contribution in [2.45, 2.75) is 69.6 Å². The third kappa shape index (κ3) is 4.94. The van der Waals surface area contributed by atoms with Crippen molar-refractivity contribution in [3.8, 4) is 0 Å². The predicted molar refractivity (Wildman–Crippen MR) is 84.0 cm³/mol. The van der Waals surface area contributed by atoms with Crippen molar-refractivity contribution in [1.29, 1.82) is 0 Å². The third-order valence-electron chi connectivity index (χ3n) is 4.57. The molecule has 0 saturated heterocycles. The first-order chi connectivity index (χ1) is 10.5. The van der Waals surface area contributed by atoms with E-state index in [9.17, 15) is 19.5 Å². The zero-order valence-corrected chi connectivity index (χ0v) is 13.5. The number of aliphatic hydroxyl groups is 1. The van der Waals surface area contributed by atoms with Crippen molar-refractivity contribution in [3.05, 3.63) is 11.3 Å². The van der Waals surface area contributed by atoms with Gasteiger partial charge in [0.2, 0.25) is 0 Å². The fourth-order valence-electron chi connectivity index (χ4n) is 3.29. The summed E-state index contributed by atoms with van der Waals surface area (Å²) < 4.78 is 0. The Morgan fingerprint density at radius 1 is 1.18 bits per heavy atom. The molecule has 0 aliphatic heterocycles. The zero-order valence-electron chi connectivity index (χ0n) is 12.8. The Bertz CT molecular complexity index is 495. The van der Waals surface area contributed by atoms with Gasteiger partial charge in [-0.15, -0.1) is 11.6 Å². The van der Waals surface area contributed by atoms with Crippen molar-refractivity contribution in [2.75, 3.05) is 0 Å². The van der Waals surface area contributed by atoms with E-state index in [0.29, 0.717) is 12.3 Å². The molecule has 2 unspecified atom stereocenters. The smallest absolute Gasteiger partial charge is 0.163 e.